The Balaban J connectivity index is 1.49. The molecule has 0 N–H and O–H groups in total. The number of benzene rings is 5. The van der Waals surface area contributed by atoms with Crippen LogP contribution >= 0.6 is 0 Å². The quantitative estimate of drug-likeness (QED) is 0.227. The van der Waals surface area contributed by atoms with Gasteiger partial charge < -0.3 is 9.64 Å². The highest BCUT2D eigenvalue weighted by Gasteiger charge is 2.46. The number of anilines is 3. The number of hydrogen-bond donors (Lipinski definition) is 0. The van der Waals surface area contributed by atoms with Crippen LogP contribution < -0.4 is 9.64 Å². The Kier molecular flexibility index (Phi) is 4.10. The molecule has 0 fully saturated rings. The normalized spacial score (nSPS) is 16.5. The summed E-state index contributed by atoms with van der Waals surface area (Å²) in [7, 11) is 0. The van der Waals surface area contributed by atoms with E-state index >= 15 is 0 Å². The fraction of sp³-hybridized carbons (Fsp3) is 0.167. The van der Waals surface area contributed by atoms with E-state index in [4.69, 9.17) is 4.74 Å². The van der Waals surface area contributed by atoms with E-state index < -0.39 is 0 Å². The molecule has 2 aliphatic carbocycles. The molecule has 1 aliphatic heterocycles. The predicted octanol–water partition coefficient (Wildman–Crippen LogP) is 9.87. The van der Waals surface area contributed by atoms with Gasteiger partial charge in [0.05, 0.1) is 11.4 Å². The van der Waals surface area contributed by atoms with Gasteiger partial charge in [-0.2, -0.15) is 0 Å². The first-order valence-corrected chi connectivity index (χ1v) is 13.5. The average molecular weight is 492 g/mol. The maximum Gasteiger partial charge on any atom is 0.151 e. The molecule has 5 aromatic carbocycles. The van der Waals surface area contributed by atoms with E-state index in [0.717, 1.165) is 28.6 Å². The molecule has 2 nitrogen and oxygen atoms in total. The summed E-state index contributed by atoms with van der Waals surface area (Å²) in [6, 6.07) is 37.4. The largest absolute Gasteiger partial charge is 0.453 e. The van der Waals surface area contributed by atoms with Gasteiger partial charge in [-0.15, -0.1) is 0 Å². The molecule has 0 aromatic heterocycles. The minimum Gasteiger partial charge on any atom is -0.453 e. The van der Waals surface area contributed by atoms with Crippen molar-refractivity contribution in [2.75, 3.05) is 4.90 Å². The Labute approximate surface area is 224 Å². The molecule has 5 aromatic rings. The maximum atomic E-state index is 6.82. The number of rotatable bonds is 1. The fourth-order valence-corrected chi connectivity index (χ4v) is 7.33. The number of nitrogens with zero attached hydrogens (tertiary/aromatic N) is 1. The number of fused-ring (bicyclic) bond motifs is 10. The summed E-state index contributed by atoms with van der Waals surface area (Å²) in [6.45, 7) is 9.41. The summed E-state index contributed by atoms with van der Waals surface area (Å²) in [6.07, 6.45) is 0. The zero-order chi connectivity index (χ0) is 25.8. The molecule has 0 unspecified atom stereocenters. The Morgan fingerprint density at radius 3 is 1.42 bits per heavy atom. The van der Waals surface area contributed by atoms with E-state index in [9.17, 15) is 0 Å². The van der Waals surface area contributed by atoms with Crippen LogP contribution in [0.1, 0.15) is 49.9 Å². The molecule has 0 amide bonds. The van der Waals surface area contributed by atoms with Gasteiger partial charge in [-0.05, 0) is 68.8 Å². The van der Waals surface area contributed by atoms with Crippen LogP contribution in [0.5, 0.6) is 11.5 Å². The molecule has 2 heteroatoms. The highest BCUT2D eigenvalue weighted by Crippen LogP contribution is 2.64. The van der Waals surface area contributed by atoms with E-state index in [1.54, 1.807) is 0 Å². The average Bonchev–Trinajstić information content (AvgIpc) is 3.32. The summed E-state index contributed by atoms with van der Waals surface area (Å²) < 4.78 is 6.82. The minimum atomic E-state index is -0.165. The number of ether oxygens (including phenoxy) is 1. The Hall–Kier alpha value is -4.30. The SMILES string of the molecule is CC1(C)c2ccccc2-c2ccc3c(c21)N(c1ccccc1)c1c(ccc2c1C(C)(C)c1ccccc1-2)O3. The lowest BCUT2D eigenvalue weighted by molar-refractivity contribution is 0.472. The summed E-state index contributed by atoms with van der Waals surface area (Å²) in [5.41, 5.74) is 13.8. The zero-order valence-electron chi connectivity index (χ0n) is 22.2. The third-order valence-corrected chi connectivity index (χ3v) is 8.99. The minimum absolute atomic E-state index is 0.165. The van der Waals surface area contributed by atoms with Crippen LogP contribution in [0.2, 0.25) is 0 Å². The van der Waals surface area contributed by atoms with Crippen molar-refractivity contribution in [3.8, 4) is 33.8 Å². The molecule has 0 bridgehead atoms. The van der Waals surface area contributed by atoms with E-state index in [1.807, 2.05) is 0 Å². The summed E-state index contributed by atoms with van der Waals surface area (Å²) in [4.78, 5) is 2.49. The topological polar surface area (TPSA) is 12.5 Å². The van der Waals surface area contributed by atoms with Gasteiger partial charge in [-0.1, -0.05) is 107 Å². The van der Waals surface area contributed by atoms with Crippen molar-refractivity contribution < 1.29 is 4.74 Å². The standard InChI is InChI=1S/C36H29NO/c1-35(2)27-16-10-8-14-23(27)25-18-20-29-33(31(25)35)37(22-12-6-5-7-13-22)34-30(38-29)21-19-26-24-15-9-11-17-28(24)36(3,4)32(26)34/h5-21H,1-4H3. The van der Waals surface area contributed by atoms with Crippen molar-refractivity contribution in [3.63, 3.8) is 0 Å². The van der Waals surface area contributed by atoms with Crippen molar-refractivity contribution in [1.82, 2.24) is 0 Å². The van der Waals surface area contributed by atoms with Crippen molar-refractivity contribution in [2.45, 2.75) is 38.5 Å². The molecule has 0 saturated heterocycles. The second-order valence-corrected chi connectivity index (χ2v) is 11.8. The first kappa shape index (κ1) is 21.8. The molecule has 0 atom stereocenters. The molecule has 0 spiro atoms. The first-order valence-electron chi connectivity index (χ1n) is 13.5. The molecular weight excluding hydrogens is 462 g/mol. The fourth-order valence-electron chi connectivity index (χ4n) is 7.33. The van der Waals surface area contributed by atoms with Crippen molar-refractivity contribution in [3.05, 3.63) is 125 Å². The van der Waals surface area contributed by atoms with Crippen LogP contribution in [0.4, 0.5) is 17.1 Å². The van der Waals surface area contributed by atoms with Gasteiger partial charge in [-0.25, -0.2) is 0 Å². The molecular formula is C36H29NO. The molecule has 184 valence electrons. The lowest BCUT2D eigenvalue weighted by Gasteiger charge is -2.40. The molecule has 3 aliphatic rings. The van der Waals surface area contributed by atoms with Crippen molar-refractivity contribution in [1.29, 1.82) is 0 Å². The Bertz CT molecular complexity index is 1680. The highest BCUT2D eigenvalue weighted by atomic mass is 16.5. The molecule has 1 heterocycles. The van der Waals surface area contributed by atoms with Gasteiger partial charge in [0.15, 0.2) is 11.5 Å². The summed E-state index contributed by atoms with van der Waals surface area (Å²) in [5.74, 6) is 1.82. The smallest absolute Gasteiger partial charge is 0.151 e. The van der Waals surface area contributed by atoms with Gasteiger partial charge in [-0.3, -0.25) is 0 Å². The lowest BCUT2D eigenvalue weighted by Crippen LogP contribution is -2.26. The van der Waals surface area contributed by atoms with E-state index in [1.165, 1.54) is 44.5 Å². The van der Waals surface area contributed by atoms with Crippen LogP contribution in [0.15, 0.2) is 103 Å². The van der Waals surface area contributed by atoms with Gasteiger partial charge >= 0.3 is 0 Å². The Morgan fingerprint density at radius 2 is 0.921 bits per heavy atom. The van der Waals surface area contributed by atoms with Crippen LogP contribution in [-0.4, -0.2) is 0 Å². The van der Waals surface area contributed by atoms with Crippen molar-refractivity contribution >= 4 is 17.1 Å². The third kappa shape index (κ3) is 2.58. The second-order valence-electron chi connectivity index (χ2n) is 11.8. The van der Waals surface area contributed by atoms with Crippen molar-refractivity contribution in [2.24, 2.45) is 0 Å². The first-order chi connectivity index (χ1) is 18.4. The molecule has 8 rings (SSSR count). The third-order valence-electron chi connectivity index (χ3n) is 8.99. The predicted molar refractivity (Wildman–Crippen MR) is 156 cm³/mol. The number of para-hydroxylation sites is 1. The Morgan fingerprint density at radius 1 is 0.474 bits per heavy atom. The summed E-state index contributed by atoms with van der Waals surface area (Å²) in [5, 5.41) is 0. The maximum absolute atomic E-state index is 6.82. The van der Waals surface area contributed by atoms with Crippen LogP contribution in [0, 0.1) is 0 Å². The second kappa shape index (κ2) is 7.17. The van der Waals surface area contributed by atoms with E-state index in [2.05, 4.69) is 136 Å². The monoisotopic (exact) mass is 491 g/mol. The van der Waals surface area contributed by atoms with Crippen LogP contribution in [-0.2, 0) is 10.8 Å². The van der Waals surface area contributed by atoms with Crippen LogP contribution in [0.3, 0.4) is 0 Å². The molecule has 0 saturated carbocycles. The number of hydrogen-bond acceptors (Lipinski definition) is 2. The molecule has 0 radical (unpaired) electrons. The summed E-state index contributed by atoms with van der Waals surface area (Å²) >= 11 is 0. The van der Waals surface area contributed by atoms with E-state index in [-0.39, 0.29) is 10.8 Å². The van der Waals surface area contributed by atoms with Gasteiger partial charge in [0, 0.05) is 16.5 Å². The van der Waals surface area contributed by atoms with Crippen LogP contribution in [0.25, 0.3) is 22.3 Å². The van der Waals surface area contributed by atoms with Gasteiger partial charge in [0.2, 0.25) is 0 Å². The highest BCUT2D eigenvalue weighted by molar-refractivity contribution is 6.00. The van der Waals surface area contributed by atoms with Gasteiger partial charge in [0.1, 0.15) is 0 Å². The molecule has 38 heavy (non-hydrogen) atoms. The van der Waals surface area contributed by atoms with E-state index in [0.29, 0.717) is 0 Å². The lowest BCUT2D eigenvalue weighted by atomic mass is 9.79. The zero-order valence-corrected chi connectivity index (χ0v) is 22.2. The van der Waals surface area contributed by atoms with Gasteiger partial charge in [0.25, 0.3) is 0 Å².